The van der Waals surface area contributed by atoms with Crippen LogP contribution in [0.5, 0.6) is 11.5 Å². The molecular weight excluding hydrogens is 815 g/mol. The minimum absolute atomic E-state index is 0.101. The molecule has 0 radical (unpaired) electrons. The van der Waals surface area contributed by atoms with Crippen molar-refractivity contribution in [2.24, 2.45) is 4.99 Å². The van der Waals surface area contributed by atoms with Crippen molar-refractivity contribution in [1.29, 1.82) is 0 Å². The molecule has 60 heavy (non-hydrogen) atoms. The summed E-state index contributed by atoms with van der Waals surface area (Å²) in [5.41, 5.74) is 2.44. The predicted molar refractivity (Wildman–Crippen MR) is 222 cm³/mol. The summed E-state index contributed by atoms with van der Waals surface area (Å²) in [6, 6.07) is 16.1. The molecule has 3 amide bonds. The number of hydrogen-bond acceptors (Lipinski definition) is 12. The van der Waals surface area contributed by atoms with E-state index < -0.39 is 29.8 Å². The number of carboxylic acid groups (broad SMARTS) is 1. The van der Waals surface area contributed by atoms with Crippen molar-refractivity contribution in [2.75, 3.05) is 65.4 Å². The number of carboxylic acids is 1. The molecule has 18 heteroatoms. The number of halogens is 2. The second kappa shape index (κ2) is 17.0. The van der Waals surface area contributed by atoms with Crippen molar-refractivity contribution in [2.45, 2.75) is 30.6 Å². The summed E-state index contributed by atoms with van der Waals surface area (Å²) in [5, 5.41) is 15.4. The Balaban J connectivity index is 0.921. The van der Waals surface area contributed by atoms with E-state index in [4.69, 9.17) is 26.1 Å². The highest BCUT2D eigenvalue weighted by Gasteiger charge is 2.43. The van der Waals surface area contributed by atoms with E-state index in [-0.39, 0.29) is 34.6 Å². The summed E-state index contributed by atoms with van der Waals surface area (Å²) in [5.74, 6) is -0.674. The molecule has 4 aliphatic heterocycles. The number of thiazole rings is 1. The number of anilines is 1. The Kier molecular flexibility index (Phi) is 11.6. The van der Waals surface area contributed by atoms with E-state index in [1.807, 2.05) is 22.4 Å². The van der Waals surface area contributed by atoms with Gasteiger partial charge in [-0.25, -0.2) is 19.0 Å². The zero-order valence-corrected chi connectivity index (χ0v) is 34.5. The number of piperazine rings is 1. The lowest BCUT2D eigenvalue weighted by molar-refractivity contribution is -0.141. The van der Waals surface area contributed by atoms with Crippen LogP contribution in [0.2, 0.25) is 5.02 Å². The van der Waals surface area contributed by atoms with Crippen LogP contribution in [0.3, 0.4) is 0 Å². The average Bonchev–Trinajstić information content (AvgIpc) is 4.00. The molecule has 3 saturated heterocycles. The minimum atomic E-state index is -0.894. The molecule has 2 N–H and O–H groups in total. The predicted octanol–water partition coefficient (Wildman–Crippen LogP) is 5.10. The van der Waals surface area contributed by atoms with Crippen LogP contribution in [0.1, 0.15) is 33.4 Å². The van der Waals surface area contributed by atoms with Crippen molar-refractivity contribution in [3.63, 3.8) is 0 Å². The molecule has 4 aromatic rings. The fraction of sp³-hybridized carbons (Fsp3) is 0.333. The number of rotatable bonds is 11. The number of aliphatic imine (C=N–C) groups is 1. The molecule has 15 nitrogen and oxygen atoms in total. The van der Waals surface area contributed by atoms with Crippen molar-refractivity contribution in [3.8, 4) is 11.5 Å². The Morgan fingerprint density at radius 3 is 2.42 bits per heavy atom. The Hall–Kier alpha value is -5.88. The van der Waals surface area contributed by atoms with Gasteiger partial charge in [0, 0.05) is 91.5 Å². The molecule has 0 unspecified atom stereocenters. The first-order chi connectivity index (χ1) is 28.9. The molecule has 3 fully saturated rings. The molecule has 3 aromatic carbocycles. The second-order valence-electron chi connectivity index (χ2n) is 15.1. The van der Waals surface area contributed by atoms with E-state index >= 15 is 0 Å². The number of fused-ring (bicyclic) bond motifs is 1. The number of urea groups is 1. The van der Waals surface area contributed by atoms with Gasteiger partial charge in [-0.3, -0.25) is 29.3 Å². The van der Waals surface area contributed by atoms with Crippen LogP contribution in [-0.4, -0.2) is 138 Å². The molecule has 1 aromatic heterocycles. The SMILES string of the molecule is COC(=O)C1=C(CN2CCN3C(=O)N(c4ccc(Oc5ccc(C(=O)N(C)[C@H]6C[C@H](C(=O)O)N(C)C6)cc5)cc4)C[C@@H]3C2)NC(c2nccs2)=N[C@H]1c1ccc(F)cc1Cl. The van der Waals surface area contributed by atoms with Gasteiger partial charge in [0.25, 0.3) is 5.91 Å². The van der Waals surface area contributed by atoms with Crippen molar-refractivity contribution >= 4 is 58.3 Å². The Morgan fingerprint density at radius 1 is 1.03 bits per heavy atom. The summed E-state index contributed by atoms with van der Waals surface area (Å²) in [6.45, 7) is 2.78. The lowest BCUT2D eigenvalue weighted by Gasteiger charge is -2.38. The van der Waals surface area contributed by atoms with Crippen LogP contribution in [-0.2, 0) is 14.3 Å². The fourth-order valence-corrected chi connectivity index (χ4v) is 9.09. The highest BCUT2D eigenvalue weighted by Crippen LogP contribution is 2.37. The van der Waals surface area contributed by atoms with E-state index in [0.717, 1.165) is 0 Å². The van der Waals surface area contributed by atoms with Gasteiger partial charge in [-0.15, -0.1) is 11.3 Å². The van der Waals surface area contributed by atoms with Crippen LogP contribution >= 0.6 is 22.9 Å². The number of carbonyl (C=O) groups excluding carboxylic acids is 3. The van der Waals surface area contributed by atoms with Crippen molar-refractivity contribution in [1.82, 2.24) is 29.9 Å². The van der Waals surface area contributed by atoms with Crippen LogP contribution < -0.4 is 15.0 Å². The summed E-state index contributed by atoms with van der Waals surface area (Å²) in [6.07, 6.45) is 2.03. The summed E-state index contributed by atoms with van der Waals surface area (Å²) in [7, 11) is 4.74. The number of ether oxygens (including phenoxy) is 2. The van der Waals surface area contributed by atoms with Gasteiger partial charge in [-0.2, -0.15) is 0 Å². The zero-order valence-electron chi connectivity index (χ0n) is 33.0. The first kappa shape index (κ1) is 40.9. The van der Waals surface area contributed by atoms with E-state index in [1.165, 1.54) is 36.6 Å². The number of methoxy groups -OCH3 is 1. The van der Waals surface area contributed by atoms with Crippen LogP contribution in [0.4, 0.5) is 14.9 Å². The van der Waals surface area contributed by atoms with Gasteiger partial charge >= 0.3 is 18.0 Å². The molecular formula is C42H42ClFN8O7S. The van der Waals surface area contributed by atoms with E-state index in [9.17, 15) is 28.7 Å². The smallest absolute Gasteiger partial charge is 0.338 e. The maximum atomic E-state index is 14.1. The Labute approximate surface area is 354 Å². The lowest BCUT2D eigenvalue weighted by atomic mass is 9.95. The molecule has 4 atom stereocenters. The van der Waals surface area contributed by atoms with Crippen molar-refractivity contribution in [3.05, 3.63) is 117 Å². The highest BCUT2D eigenvalue weighted by atomic mass is 35.5. The number of amides is 3. The van der Waals surface area contributed by atoms with Gasteiger partial charge in [0.05, 0.1) is 18.7 Å². The summed E-state index contributed by atoms with van der Waals surface area (Å²) < 4.78 is 25.4. The fourth-order valence-electron chi connectivity index (χ4n) is 8.23. The number of likely N-dealkylation sites (tertiary alicyclic amines) is 1. The Morgan fingerprint density at radius 2 is 1.77 bits per heavy atom. The van der Waals surface area contributed by atoms with Gasteiger partial charge in [0.15, 0.2) is 10.8 Å². The molecule has 0 aliphatic carbocycles. The standard InChI is InChI=1S/C42H42ClFN8O7S/c1-48-20-27(19-34(48)40(54)55)49(2)39(53)24-4-9-29(10-5-24)59-30-11-7-26(8-12-30)52-22-28-21-50(15-16-51(28)42(52)57)23-33-35(41(56)58-3)36(31-13-6-25(44)18-32(31)43)47-37(46-33)38-45-14-17-60-38/h4-14,17-18,27-28,34,36H,15-16,19-23H2,1-3H3,(H,46,47)(H,54,55)/t27-,28-,34+,36-/m0/s1. The van der Waals surface area contributed by atoms with Crippen LogP contribution in [0, 0.1) is 5.82 Å². The molecule has 5 heterocycles. The summed E-state index contributed by atoms with van der Waals surface area (Å²) >= 11 is 7.90. The molecule has 8 rings (SSSR count). The number of carbonyl (C=O) groups is 4. The molecule has 312 valence electrons. The topological polar surface area (TPSA) is 160 Å². The van der Waals surface area contributed by atoms with Crippen LogP contribution in [0.15, 0.2) is 94.6 Å². The first-order valence-corrected chi connectivity index (χ1v) is 20.5. The average molecular weight is 857 g/mol. The first-order valence-electron chi connectivity index (χ1n) is 19.3. The number of nitrogens with zero attached hydrogens (tertiary/aromatic N) is 7. The second-order valence-corrected chi connectivity index (χ2v) is 16.4. The lowest BCUT2D eigenvalue weighted by Crippen LogP contribution is -2.53. The molecule has 0 bridgehead atoms. The number of esters is 1. The van der Waals surface area contributed by atoms with Gasteiger partial charge in [0.1, 0.15) is 29.4 Å². The number of likely N-dealkylation sites (N-methyl/N-ethyl adjacent to an activating group) is 2. The normalized spacial score (nSPS) is 22.0. The minimum Gasteiger partial charge on any atom is -0.480 e. The number of aliphatic carboxylic acids is 1. The quantitative estimate of drug-likeness (QED) is 0.193. The number of benzene rings is 3. The summed E-state index contributed by atoms with van der Waals surface area (Å²) in [4.78, 5) is 70.2. The van der Waals surface area contributed by atoms with Crippen LogP contribution in [0.25, 0.3) is 0 Å². The van der Waals surface area contributed by atoms with Gasteiger partial charge in [0.2, 0.25) is 0 Å². The molecule has 0 saturated carbocycles. The maximum Gasteiger partial charge on any atom is 0.338 e. The number of aromatic nitrogens is 1. The molecule has 4 aliphatic rings. The number of amidine groups is 1. The third-order valence-electron chi connectivity index (χ3n) is 11.4. The van der Waals surface area contributed by atoms with E-state index in [0.29, 0.717) is 90.5 Å². The highest BCUT2D eigenvalue weighted by molar-refractivity contribution is 7.11. The van der Waals surface area contributed by atoms with E-state index in [1.54, 1.807) is 71.4 Å². The third kappa shape index (κ3) is 8.17. The van der Waals surface area contributed by atoms with Gasteiger partial charge in [-0.1, -0.05) is 17.7 Å². The van der Waals surface area contributed by atoms with Crippen molar-refractivity contribution < 1.29 is 38.1 Å². The van der Waals surface area contributed by atoms with Gasteiger partial charge in [-0.05, 0) is 74.1 Å². The number of nitrogens with one attached hydrogen (secondary N) is 1. The maximum absolute atomic E-state index is 14.1. The third-order valence-corrected chi connectivity index (χ3v) is 12.5. The van der Waals surface area contributed by atoms with Gasteiger partial charge < -0.3 is 29.7 Å². The molecule has 0 spiro atoms. The largest absolute Gasteiger partial charge is 0.480 e. The Bertz CT molecular complexity index is 2360. The number of hydrogen-bond donors (Lipinski definition) is 2. The zero-order chi connectivity index (χ0) is 42.2. The van der Waals surface area contributed by atoms with E-state index in [2.05, 4.69) is 15.2 Å². The monoisotopic (exact) mass is 856 g/mol.